The highest BCUT2D eigenvalue weighted by molar-refractivity contribution is 7.99. The second-order valence-corrected chi connectivity index (χ2v) is 5.74. The zero-order valence-electron chi connectivity index (χ0n) is 10.3. The number of amides is 1. The maximum Gasteiger partial charge on any atom is 0.223 e. The van der Waals surface area contributed by atoms with Gasteiger partial charge in [0.2, 0.25) is 5.91 Å². The standard InChI is InChI=1S/C14H18FNOS/c15-13-4-2-1-3-11(13)5-8-16-14(17)12-6-9-18-10-7-12/h1-4,12H,5-10H2,(H,16,17). The molecule has 0 bridgehead atoms. The van der Waals surface area contributed by atoms with Crippen molar-refractivity contribution >= 4 is 17.7 Å². The van der Waals surface area contributed by atoms with E-state index in [0.717, 1.165) is 24.3 Å². The molecule has 1 saturated heterocycles. The summed E-state index contributed by atoms with van der Waals surface area (Å²) in [6, 6.07) is 6.71. The summed E-state index contributed by atoms with van der Waals surface area (Å²) in [6.07, 6.45) is 2.49. The molecule has 0 aromatic heterocycles. The molecule has 0 unspecified atom stereocenters. The molecular weight excluding hydrogens is 249 g/mol. The van der Waals surface area contributed by atoms with Crippen molar-refractivity contribution in [3.8, 4) is 0 Å². The summed E-state index contributed by atoms with van der Waals surface area (Å²) in [5.74, 6) is 2.25. The van der Waals surface area contributed by atoms with Gasteiger partial charge in [0.25, 0.3) is 0 Å². The lowest BCUT2D eigenvalue weighted by Crippen LogP contribution is -2.34. The van der Waals surface area contributed by atoms with Crippen LogP contribution in [0, 0.1) is 11.7 Å². The molecule has 2 rings (SSSR count). The predicted molar refractivity (Wildman–Crippen MR) is 73.2 cm³/mol. The van der Waals surface area contributed by atoms with Crippen LogP contribution in [0.25, 0.3) is 0 Å². The minimum atomic E-state index is -0.194. The lowest BCUT2D eigenvalue weighted by atomic mass is 10.0. The second kappa shape index (κ2) is 6.78. The van der Waals surface area contributed by atoms with Gasteiger partial charge in [0, 0.05) is 12.5 Å². The minimum absolute atomic E-state index is 0.131. The van der Waals surface area contributed by atoms with Crippen molar-refractivity contribution in [1.29, 1.82) is 0 Å². The molecule has 1 amide bonds. The van der Waals surface area contributed by atoms with Crippen LogP contribution in [0.4, 0.5) is 4.39 Å². The fourth-order valence-electron chi connectivity index (χ4n) is 2.13. The summed E-state index contributed by atoms with van der Waals surface area (Å²) in [4.78, 5) is 11.9. The van der Waals surface area contributed by atoms with E-state index in [1.165, 1.54) is 6.07 Å². The third kappa shape index (κ3) is 3.73. The van der Waals surface area contributed by atoms with Gasteiger partial charge in [-0.1, -0.05) is 18.2 Å². The van der Waals surface area contributed by atoms with Crippen molar-refractivity contribution < 1.29 is 9.18 Å². The zero-order valence-corrected chi connectivity index (χ0v) is 11.1. The summed E-state index contributed by atoms with van der Waals surface area (Å²) in [7, 11) is 0. The molecule has 1 heterocycles. The highest BCUT2D eigenvalue weighted by Crippen LogP contribution is 2.22. The quantitative estimate of drug-likeness (QED) is 0.908. The van der Waals surface area contributed by atoms with Crippen LogP contribution in [0.1, 0.15) is 18.4 Å². The number of halogens is 1. The Balaban J connectivity index is 1.75. The first-order chi connectivity index (χ1) is 8.77. The molecule has 2 nitrogen and oxygen atoms in total. The monoisotopic (exact) mass is 267 g/mol. The molecule has 0 spiro atoms. The van der Waals surface area contributed by atoms with Gasteiger partial charge in [0.15, 0.2) is 0 Å². The van der Waals surface area contributed by atoms with E-state index in [1.54, 1.807) is 12.1 Å². The van der Waals surface area contributed by atoms with Crippen molar-refractivity contribution in [1.82, 2.24) is 5.32 Å². The molecule has 0 atom stereocenters. The van der Waals surface area contributed by atoms with E-state index in [9.17, 15) is 9.18 Å². The third-order valence-corrected chi connectivity index (χ3v) is 4.29. The normalized spacial score (nSPS) is 16.5. The molecule has 4 heteroatoms. The SMILES string of the molecule is O=C(NCCc1ccccc1F)C1CCSCC1. The van der Waals surface area contributed by atoms with Gasteiger partial charge in [-0.2, -0.15) is 11.8 Å². The fraction of sp³-hybridized carbons (Fsp3) is 0.500. The molecule has 1 aromatic rings. The lowest BCUT2D eigenvalue weighted by Gasteiger charge is -2.20. The van der Waals surface area contributed by atoms with Crippen LogP contribution >= 0.6 is 11.8 Å². The predicted octanol–water partition coefficient (Wildman–Crippen LogP) is 2.63. The van der Waals surface area contributed by atoms with Crippen LogP contribution in [0.2, 0.25) is 0 Å². The van der Waals surface area contributed by atoms with Crippen molar-refractivity contribution in [3.63, 3.8) is 0 Å². The molecule has 0 saturated carbocycles. The number of carbonyl (C=O) groups excluding carboxylic acids is 1. The number of thioether (sulfide) groups is 1. The van der Waals surface area contributed by atoms with Gasteiger partial charge in [-0.05, 0) is 42.4 Å². The van der Waals surface area contributed by atoms with E-state index in [0.29, 0.717) is 18.5 Å². The van der Waals surface area contributed by atoms with E-state index in [-0.39, 0.29) is 17.6 Å². The Morgan fingerprint density at radius 1 is 1.33 bits per heavy atom. The van der Waals surface area contributed by atoms with E-state index in [4.69, 9.17) is 0 Å². The van der Waals surface area contributed by atoms with Crippen molar-refractivity contribution in [2.24, 2.45) is 5.92 Å². The average Bonchev–Trinajstić information content (AvgIpc) is 2.42. The Hall–Kier alpha value is -1.03. The Morgan fingerprint density at radius 3 is 2.78 bits per heavy atom. The molecule has 1 aliphatic rings. The van der Waals surface area contributed by atoms with Crippen LogP contribution in [0.3, 0.4) is 0 Å². The molecule has 1 N–H and O–H groups in total. The van der Waals surface area contributed by atoms with Gasteiger partial charge in [-0.15, -0.1) is 0 Å². The summed E-state index contributed by atoms with van der Waals surface area (Å²) in [5, 5.41) is 2.91. The summed E-state index contributed by atoms with van der Waals surface area (Å²) >= 11 is 1.91. The van der Waals surface area contributed by atoms with E-state index in [1.807, 2.05) is 17.8 Å². The van der Waals surface area contributed by atoms with Crippen LogP contribution in [0.15, 0.2) is 24.3 Å². The van der Waals surface area contributed by atoms with Crippen molar-refractivity contribution in [2.45, 2.75) is 19.3 Å². The molecule has 98 valence electrons. The first kappa shape index (κ1) is 13.4. The van der Waals surface area contributed by atoms with Gasteiger partial charge in [-0.3, -0.25) is 4.79 Å². The number of nitrogens with one attached hydrogen (secondary N) is 1. The molecule has 18 heavy (non-hydrogen) atoms. The van der Waals surface area contributed by atoms with Gasteiger partial charge in [-0.25, -0.2) is 4.39 Å². The Kier molecular flexibility index (Phi) is 5.05. The average molecular weight is 267 g/mol. The van der Waals surface area contributed by atoms with Crippen LogP contribution < -0.4 is 5.32 Å². The molecule has 1 fully saturated rings. The topological polar surface area (TPSA) is 29.1 Å². The first-order valence-corrected chi connectivity index (χ1v) is 7.51. The molecule has 1 aromatic carbocycles. The minimum Gasteiger partial charge on any atom is -0.356 e. The maximum absolute atomic E-state index is 13.4. The lowest BCUT2D eigenvalue weighted by molar-refractivity contribution is -0.125. The van der Waals surface area contributed by atoms with Crippen LogP contribution in [0.5, 0.6) is 0 Å². The van der Waals surface area contributed by atoms with Gasteiger partial charge >= 0.3 is 0 Å². The van der Waals surface area contributed by atoms with E-state index >= 15 is 0 Å². The third-order valence-electron chi connectivity index (χ3n) is 3.24. The van der Waals surface area contributed by atoms with E-state index in [2.05, 4.69) is 5.32 Å². The van der Waals surface area contributed by atoms with Crippen LogP contribution in [-0.4, -0.2) is 24.0 Å². The van der Waals surface area contributed by atoms with Gasteiger partial charge < -0.3 is 5.32 Å². The van der Waals surface area contributed by atoms with E-state index < -0.39 is 0 Å². The molecular formula is C14H18FNOS. The second-order valence-electron chi connectivity index (χ2n) is 4.52. The highest BCUT2D eigenvalue weighted by Gasteiger charge is 2.20. The molecule has 0 aliphatic carbocycles. The van der Waals surface area contributed by atoms with Crippen molar-refractivity contribution in [3.05, 3.63) is 35.6 Å². The highest BCUT2D eigenvalue weighted by atomic mass is 32.2. The summed E-state index contributed by atoms with van der Waals surface area (Å²) < 4.78 is 13.4. The Labute approximate surface area is 111 Å². The zero-order chi connectivity index (χ0) is 12.8. The number of rotatable bonds is 4. The fourth-order valence-corrected chi connectivity index (χ4v) is 3.23. The number of benzene rings is 1. The van der Waals surface area contributed by atoms with Crippen LogP contribution in [-0.2, 0) is 11.2 Å². The van der Waals surface area contributed by atoms with Crippen molar-refractivity contribution in [2.75, 3.05) is 18.1 Å². The smallest absolute Gasteiger partial charge is 0.223 e. The van der Waals surface area contributed by atoms with Gasteiger partial charge in [0.05, 0.1) is 0 Å². The summed E-state index contributed by atoms with van der Waals surface area (Å²) in [6.45, 7) is 0.517. The first-order valence-electron chi connectivity index (χ1n) is 6.36. The maximum atomic E-state index is 13.4. The summed E-state index contributed by atoms with van der Waals surface area (Å²) in [5.41, 5.74) is 0.664. The largest absolute Gasteiger partial charge is 0.356 e. The number of hydrogen-bond acceptors (Lipinski definition) is 2. The van der Waals surface area contributed by atoms with Gasteiger partial charge in [0.1, 0.15) is 5.82 Å². The Morgan fingerprint density at radius 2 is 2.06 bits per heavy atom. The molecule has 0 radical (unpaired) electrons. The number of carbonyl (C=O) groups is 1. The Bertz CT molecular complexity index is 405. The number of hydrogen-bond donors (Lipinski definition) is 1. The molecule has 1 aliphatic heterocycles.